The van der Waals surface area contributed by atoms with E-state index in [4.69, 9.17) is 15.6 Å². The van der Waals surface area contributed by atoms with Crippen LogP contribution in [0.4, 0.5) is 13.2 Å². The van der Waals surface area contributed by atoms with E-state index in [-0.39, 0.29) is 0 Å². The molecule has 0 radical (unpaired) electrons. The number of benzene rings is 1. The highest BCUT2D eigenvalue weighted by molar-refractivity contribution is 5.73. The van der Waals surface area contributed by atoms with Crippen molar-refractivity contribution in [1.82, 2.24) is 4.90 Å². The second kappa shape index (κ2) is 7.25. The molecule has 1 atom stereocenters. The highest BCUT2D eigenvalue weighted by Gasteiger charge is 2.38. The molecule has 1 aliphatic heterocycles. The van der Waals surface area contributed by atoms with Gasteiger partial charge in [-0.1, -0.05) is 30.3 Å². The number of carboxylic acids is 1. The number of aliphatic carboxylic acids is 1. The van der Waals surface area contributed by atoms with Crippen molar-refractivity contribution in [3.63, 3.8) is 0 Å². The molecule has 0 bridgehead atoms. The first-order valence-electron chi connectivity index (χ1n) is 6.11. The zero-order valence-corrected chi connectivity index (χ0v) is 10.8. The van der Waals surface area contributed by atoms with Gasteiger partial charge in [-0.05, 0) is 12.0 Å². The number of hydrogen-bond acceptors (Lipinski definition) is 3. The summed E-state index contributed by atoms with van der Waals surface area (Å²) < 4.78 is 31.7. The monoisotopic (exact) mass is 290 g/mol. The molecule has 0 saturated carbocycles. The Labute approximate surface area is 115 Å². The summed E-state index contributed by atoms with van der Waals surface area (Å²) in [6.07, 6.45) is -3.94. The summed E-state index contributed by atoms with van der Waals surface area (Å²) in [7, 11) is 0. The first-order valence-corrected chi connectivity index (χ1v) is 6.11. The van der Waals surface area contributed by atoms with E-state index in [9.17, 15) is 13.2 Å². The Morgan fingerprint density at radius 3 is 2.30 bits per heavy atom. The normalized spacial score (nSPS) is 19.3. The van der Waals surface area contributed by atoms with Crippen LogP contribution in [-0.2, 0) is 11.3 Å². The van der Waals surface area contributed by atoms with Gasteiger partial charge in [0.15, 0.2) is 0 Å². The maximum absolute atomic E-state index is 10.6. The van der Waals surface area contributed by atoms with Crippen LogP contribution in [0.1, 0.15) is 12.0 Å². The molecule has 20 heavy (non-hydrogen) atoms. The number of likely N-dealkylation sites (tertiary alicyclic amines) is 1. The number of rotatable bonds is 2. The van der Waals surface area contributed by atoms with E-state index in [0.29, 0.717) is 6.04 Å². The predicted octanol–water partition coefficient (Wildman–Crippen LogP) is 1.85. The van der Waals surface area contributed by atoms with Crippen LogP contribution in [0.25, 0.3) is 0 Å². The van der Waals surface area contributed by atoms with Crippen molar-refractivity contribution in [2.24, 2.45) is 5.73 Å². The first kappa shape index (κ1) is 16.5. The van der Waals surface area contributed by atoms with Gasteiger partial charge in [0, 0.05) is 25.7 Å². The number of nitrogens with two attached hydrogens (primary N) is 1. The van der Waals surface area contributed by atoms with Gasteiger partial charge in [-0.2, -0.15) is 13.2 Å². The molecular formula is C13H17F3N2O2. The molecule has 1 saturated heterocycles. The number of hydrogen-bond donors (Lipinski definition) is 2. The van der Waals surface area contributed by atoms with Crippen LogP contribution in [-0.4, -0.2) is 41.3 Å². The summed E-state index contributed by atoms with van der Waals surface area (Å²) in [4.78, 5) is 11.3. The van der Waals surface area contributed by atoms with Crippen molar-refractivity contribution < 1.29 is 23.1 Å². The fraction of sp³-hybridized carbons (Fsp3) is 0.462. The molecule has 1 aromatic rings. The lowest BCUT2D eigenvalue weighted by Gasteiger charge is -2.14. The van der Waals surface area contributed by atoms with Gasteiger partial charge in [-0.3, -0.25) is 4.90 Å². The minimum Gasteiger partial charge on any atom is -0.475 e. The molecular weight excluding hydrogens is 273 g/mol. The highest BCUT2D eigenvalue weighted by atomic mass is 19.4. The summed E-state index contributed by atoms with van der Waals surface area (Å²) >= 11 is 0. The standard InChI is InChI=1S/C11H16N2.C2HF3O2/c12-11-6-7-13(9-11)8-10-4-2-1-3-5-10;3-2(4,5)1(6)7/h1-5,11H,6-9,12H2;(H,6,7). The van der Waals surface area contributed by atoms with Crippen LogP contribution in [0, 0.1) is 0 Å². The molecule has 3 N–H and O–H groups in total. The molecule has 1 unspecified atom stereocenters. The summed E-state index contributed by atoms with van der Waals surface area (Å²) in [6.45, 7) is 3.25. The molecule has 4 nitrogen and oxygen atoms in total. The third kappa shape index (κ3) is 6.03. The second-order valence-corrected chi connectivity index (χ2v) is 4.57. The molecule has 0 spiro atoms. The number of carbonyl (C=O) groups is 1. The van der Waals surface area contributed by atoms with Gasteiger partial charge < -0.3 is 10.8 Å². The van der Waals surface area contributed by atoms with E-state index < -0.39 is 12.1 Å². The predicted molar refractivity (Wildman–Crippen MR) is 68.0 cm³/mol. The molecule has 2 rings (SSSR count). The first-order chi connectivity index (χ1) is 9.29. The molecule has 0 amide bonds. The van der Waals surface area contributed by atoms with E-state index in [1.165, 1.54) is 5.56 Å². The Morgan fingerprint density at radius 2 is 1.90 bits per heavy atom. The lowest BCUT2D eigenvalue weighted by atomic mass is 10.2. The summed E-state index contributed by atoms with van der Waals surface area (Å²) in [6, 6.07) is 11.0. The lowest BCUT2D eigenvalue weighted by molar-refractivity contribution is -0.192. The van der Waals surface area contributed by atoms with Gasteiger partial charge in [-0.25, -0.2) is 4.79 Å². The maximum Gasteiger partial charge on any atom is 0.490 e. The Hall–Kier alpha value is -1.60. The number of carboxylic acid groups (broad SMARTS) is 1. The van der Waals surface area contributed by atoms with Crippen molar-refractivity contribution in [3.8, 4) is 0 Å². The maximum atomic E-state index is 10.6. The Kier molecular flexibility index (Phi) is 5.97. The van der Waals surface area contributed by atoms with Gasteiger partial charge in [0.1, 0.15) is 0 Å². The molecule has 0 aliphatic carbocycles. The third-order valence-electron chi connectivity index (χ3n) is 2.80. The van der Waals surface area contributed by atoms with Gasteiger partial charge in [0.25, 0.3) is 0 Å². The van der Waals surface area contributed by atoms with Crippen LogP contribution in [0.3, 0.4) is 0 Å². The second-order valence-electron chi connectivity index (χ2n) is 4.57. The number of alkyl halides is 3. The molecule has 1 aromatic carbocycles. The SMILES string of the molecule is NC1CCN(Cc2ccccc2)C1.O=C(O)C(F)(F)F. The summed E-state index contributed by atoms with van der Waals surface area (Å²) in [5.41, 5.74) is 7.22. The molecule has 1 aliphatic rings. The minimum absolute atomic E-state index is 0.392. The van der Waals surface area contributed by atoms with Crippen LogP contribution >= 0.6 is 0 Å². The smallest absolute Gasteiger partial charge is 0.475 e. The van der Waals surface area contributed by atoms with Gasteiger partial charge in [0.05, 0.1) is 0 Å². The topological polar surface area (TPSA) is 66.6 Å². The fourth-order valence-electron chi connectivity index (χ4n) is 1.85. The average Bonchev–Trinajstić information content (AvgIpc) is 2.75. The molecule has 112 valence electrons. The molecule has 7 heteroatoms. The quantitative estimate of drug-likeness (QED) is 0.872. The number of nitrogens with zero attached hydrogens (tertiary/aromatic N) is 1. The largest absolute Gasteiger partial charge is 0.490 e. The summed E-state index contributed by atoms with van der Waals surface area (Å²) in [5, 5.41) is 7.12. The van der Waals surface area contributed by atoms with Crippen LogP contribution in [0.2, 0.25) is 0 Å². The number of halogens is 3. The van der Waals surface area contributed by atoms with E-state index in [1.807, 2.05) is 0 Å². The van der Waals surface area contributed by atoms with Crippen molar-refractivity contribution >= 4 is 5.97 Å². The van der Waals surface area contributed by atoms with Crippen LogP contribution in [0.15, 0.2) is 30.3 Å². The Bertz CT molecular complexity index is 423. The zero-order valence-electron chi connectivity index (χ0n) is 10.8. The van der Waals surface area contributed by atoms with Crippen molar-refractivity contribution in [2.45, 2.75) is 25.2 Å². The molecule has 1 fully saturated rings. The highest BCUT2D eigenvalue weighted by Crippen LogP contribution is 2.13. The van der Waals surface area contributed by atoms with Gasteiger partial charge >= 0.3 is 12.1 Å². The molecule has 0 aromatic heterocycles. The van der Waals surface area contributed by atoms with Crippen molar-refractivity contribution in [2.75, 3.05) is 13.1 Å². The van der Waals surface area contributed by atoms with E-state index in [0.717, 1.165) is 26.1 Å². The Morgan fingerprint density at radius 1 is 1.35 bits per heavy atom. The van der Waals surface area contributed by atoms with E-state index >= 15 is 0 Å². The molecule has 1 heterocycles. The minimum atomic E-state index is -5.08. The van der Waals surface area contributed by atoms with Gasteiger partial charge in [-0.15, -0.1) is 0 Å². The zero-order chi connectivity index (χ0) is 15.2. The third-order valence-corrected chi connectivity index (χ3v) is 2.80. The van der Waals surface area contributed by atoms with Crippen LogP contribution < -0.4 is 5.73 Å². The van der Waals surface area contributed by atoms with Crippen LogP contribution in [0.5, 0.6) is 0 Å². The fourth-order valence-corrected chi connectivity index (χ4v) is 1.85. The van der Waals surface area contributed by atoms with Gasteiger partial charge in [0.2, 0.25) is 0 Å². The Balaban J connectivity index is 0.000000246. The average molecular weight is 290 g/mol. The van der Waals surface area contributed by atoms with E-state index in [1.54, 1.807) is 0 Å². The van der Waals surface area contributed by atoms with Crippen molar-refractivity contribution in [3.05, 3.63) is 35.9 Å². The van der Waals surface area contributed by atoms with E-state index in [2.05, 4.69) is 35.2 Å². The lowest BCUT2D eigenvalue weighted by Crippen LogP contribution is -2.26. The summed E-state index contributed by atoms with van der Waals surface area (Å²) in [5.74, 6) is -2.76. The van der Waals surface area contributed by atoms with Crippen molar-refractivity contribution in [1.29, 1.82) is 0 Å².